The predicted molar refractivity (Wildman–Crippen MR) is 84.4 cm³/mol. The smallest absolute Gasteiger partial charge is 0.331 e. The second-order valence-electron chi connectivity index (χ2n) is 5.45. The van der Waals surface area contributed by atoms with Crippen LogP contribution in [0.4, 0.5) is 0 Å². The Morgan fingerprint density at radius 3 is 2.65 bits per heavy atom. The molecule has 1 aromatic heterocycles. The maximum Gasteiger partial charge on any atom is 0.331 e. The minimum absolute atomic E-state index is 0.00888. The van der Waals surface area contributed by atoms with Crippen molar-refractivity contribution in [3.05, 3.63) is 66.9 Å². The summed E-state index contributed by atoms with van der Waals surface area (Å²) in [6, 6.07) is 8.41. The van der Waals surface area contributed by atoms with Gasteiger partial charge in [0.05, 0.1) is 12.6 Å². The summed E-state index contributed by atoms with van der Waals surface area (Å²) in [5.74, 6) is 0. The minimum Gasteiger partial charge on any atom is -0.387 e. The second-order valence-corrected chi connectivity index (χ2v) is 5.89. The van der Waals surface area contributed by atoms with E-state index in [9.17, 15) is 20.0 Å². The predicted octanol–water partition coefficient (Wildman–Crippen LogP) is 1.21. The van der Waals surface area contributed by atoms with Crippen molar-refractivity contribution in [3.63, 3.8) is 0 Å². The van der Waals surface area contributed by atoms with Crippen LogP contribution in [-0.4, -0.2) is 14.2 Å². The number of aliphatic hydroxyl groups excluding tert-OH is 1. The molecule has 23 heavy (non-hydrogen) atoms. The van der Waals surface area contributed by atoms with Gasteiger partial charge in [-0.1, -0.05) is 23.7 Å². The standard InChI is InChI=1S/C16H14ClN3O3/c17-11-5-3-10(4-6-11)14(21)9-20-15(22)12(8-18)13-2-1-7-19(13)16(20)23/h3-6,14,21H,1-2,7,9H2/t14-/m0/s1. The second kappa shape index (κ2) is 6.03. The SMILES string of the molecule is N#Cc1c2n(c(=O)n(C[C@H](O)c3ccc(Cl)cc3)c1=O)CCC2. The normalized spacial score (nSPS) is 14.3. The van der Waals surface area contributed by atoms with Crippen LogP contribution in [0.15, 0.2) is 33.9 Å². The number of halogens is 1. The van der Waals surface area contributed by atoms with Crippen LogP contribution in [0.2, 0.25) is 5.02 Å². The summed E-state index contributed by atoms with van der Waals surface area (Å²) in [6.07, 6.45) is 0.241. The summed E-state index contributed by atoms with van der Waals surface area (Å²) in [5, 5.41) is 20.0. The van der Waals surface area contributed by atoms with Gasteiger partial charge in [0, 0.05) is 17.3 Å². The molecule has 3 rings (SSSR count). The average molecular weight is 332 g/mol. The highest BCUT2D eigenvalue weighted by Crippen LogP contribution is 2.18. The molecule has 118 valence electrons. The number of aromatic nitrogens is 2. The first-order valence-corrected chi connectivity index (χ1v) is 7.61. The van der Waals surface area contributed by atoms with Crippen molar-refractivity contribution in [1.82, 2.24) is 9.13 Å². The summed E-state index contributed by atoms with van der Waals surface area (Å²) < 4.78 is 2.39. The number of hydrogen-bond acceptors (Lipinski definition) is 4. The lowest BCUT2D eigenvalue weighted by Crippen LogP contribution is -2.42. The number of rotatable bonds is 3. The molecular weight excluding hydrogens is 318 g/mol. The molecule has 0 spiro atoms. The molecule has 0 radical (unpaired) electrons. The van der Waals surface area contributed by atoms with Crippen molar-refractivity contribution in [1.29, 1.82) is 5.26 Å². The van der Waals surface area contributed by atoms with E-state index in [0.717, 1.165) is 11.0 Å². The molecule has 1 N–H and O–H groups in total. The first kappa shape index (κ1) is 15.5. The fourth-order valence-corrected chi connectivity index (χ4v) is 3.00. The Kier molecular flexibility index (Phi) is 4.07. The van der Waals surface area contributed by atoms with Gasteiger partial charge in [0.1, 0.15) is 11.6 Å². The van der Waals surface area contributed by atoms with E-state index < -0.39 is 17.4 Å². The topological polar surface area (TPSA) is 88.0 Å². The fraction of sp³-hybridized carbons (Fsp3) is 0.312. The molecular formula is C16H14ClN3O3. The summed E-state index contributed by atoms with van der Waals surface area (Å²) in [6.45, 7) is 0.286. The highest BCUT2D eigenvalue weighted by molar-refractivity contribution is 6.30. The average Bonchev–Trinajstić information content (AvgIpc) is 3.02. The van der Waals surface area contributed by atoms with Gasteiger partial charge in [0.15, 0.2) is 0 Å². The minimum atomic E-state index is -1.04. The van der Waals surface area contributed by atoms with Gasteiger partial charge in [0.25, 0.3) is 5.56 Å². The van der Waals surface area contributed by atoms with Gasteiger partial charge in [-0.15, -0.1) is 0 Å². The number of aliphatic hydroxyl groups is 1. The quantitative estimate of drug-likeness (QED) is 0.915. The zero-order valence-corrected chi connectivity index (χ0v) is 13.0. The Morgan fingerprint density at radius 2 is 2.00 bits per heavy atom. The van der Waals surface area contributed by atoms with Crippen molar-refractivity contribution < 1.29 is 5.11 Å². The molecule has 6 nitrogen and oxygen atoms in total. The number of fused-ring (bicyclic) bond motifs is 1. The van der Waals surface area contributed by atoms with E-state index in [1.54, 1.807) is 24.3 Å². The Morgan fingerprint density at radius 1 is 1.30 bits per heavy atom. The molecule has 0 saturated heterocycles. The third kappa shape index (κ3) is 2.69. The lowest BCUT2D eigenvalue weighted by Gasteiger charge is -2.15. The zero-order valence-electron chi connectivity index (χ0n) is 12.2. The van der Waals surface area contributed by atoms with Crippen LogP contribution in [0, 0.1) is 11.3 Å². The van der Waals surface area contributed by atoms with Gasteiger partial charge in [-0.2, -0.15) is 5.26 Å². The molecule has 1 atom stereocenters. The lowest BCUT2D eigenvalue weighted by atomic mass is 10.1. The van der Waals surface area contributed by atoms with Gasteiger partial charge in [-0.25, -0.2) is 4.79 Å². The van der Waals surface area contributed by atoms with Crippen LogP contribution in [0.1, 0.15) is 29.3 Å². The van der Waals surface area contributed by atoms with Gasteiger partial charge >= 0.3 is 5.69 Å². The van der Waals surface area contributed by atoms with Gasteiger partial charge in [-0.3, -0.25) is 13.9 Å². The first-order valence-electron chi connectivity index (χ1n) is 7.23. The van der Waals surface area contributed by atoms with Crippen molar-refractivity contribution in [2.45, 2.75) is 32.0 Å². The van der Waals surface area contributed by atoms with Crippen LogP contribution in [0.25, 0.3) is 0 Å². The Hall–Kier alpha value is -2.36. The third-order valence-corrected chi connectivity index (χ3v) is 4.30. The Balaban J connectivity index is 2.04. The molecule has 2 heterocycles. The number of nitriles is 1. The summed E-state index contributed by atoms with van der Waals surface area (Å²) in [5.41, 5.74) is -0.0805. The van der Waals surface area contributed by atoms with Crippen LogP contribution < -0.4 is 11.2 Å². The highest BCUT2D eigenvalue weighted by Gasteiger charge is 2.23. The molecule has 1 aromatic carbocycles. The monoisotopic (exact) mass is 331 g/mol. The molecule has 0 aliphatic carbocycles. The van der Waals surface area contributed by atoms with E-state index in [0.29, 0.717) is 29.2 Å². The maximum absolute atomic E-state index is 12.5. The van der Waals surface area contributed by atoms with Crippen LogP contribution in [-0.2, 0) is 19.5 Å². The fourth-order valence-electron chi connectivity index (χ4n) is 2.87. The van der Waals surface area contributed by atoms with E-state index >= 15 is 0 Å². The molecule has 7 heteroatoms. The number of nitrogens with zero attached hydrogens (tertiary/aromatic N) is 3. The van der Waals surface area contributed by atoms with Gasteiger partial charge in [0.2, 0.25) is 0 Å². The largest absolute Gasteiger partial charge is 0.387 e. The van der Waals surface area contributed by atoms with E-state index in [-0.39, 0.29) is 12.1 Å². The van der Waals surface area contributed by atoms with E-state index in [2.05, 4.69) is 0 Å². The molecule has 0 fully saturated rings. The lowest BCUT2D eigenvalue weighted by molar-refractivity contribution is 0.152. The molecule has 1 aliphatic rings. The Bertz CT molecular complexity index is 906. The zero-order chi connectivity index (χ0) is 16.6. The van der Waals surface area contributed by atoms with Crippen molar-refractivity contribution in [2.24, 2.45) is 0 Å². The number of benzene rings is 1. The molecule has 0 bridgehead atoms. The highest BCUT2D eigenvalue weighted by atomic mass is 35.5. The van der Waals surface area contributed by atoms with Crippen LogP contribution >= 0.6 is 11.6 Å². The molecule has 0 unspecified atom stereocenters. The van der Waals surface area contributed by atoms with E-state index in [1.807, 2.05) is 6.07 Å². The third-order valence-electron chi connectivity index (χ3n) is 4.05. The number of hydrogen-bond donors (Lipinski definition) is 1. The van der Waals surface area contributed by atoms with Crippen LogP contribution in [0.3, 0.4) is 0 Å². The maximum atomic E-state index is 12.5. The molecule has 2 aromatic rings. The summed E-state index contributed by atoms with van der Waals surface area (Å²) in [4.78, 5) is 24.9. The molecule has 0 amide bonds. The van der Waals surface area contributed by atoms with Gasteiger partial charge in [-0.05, 0) is 30.5 Å². The van der Waals surface area contributed by atoms with E-state index in [1.165, 1.54) is 4.57 Å². The molecule has 1 aliphatic heterocycles. The Labute approximate surface area is 136 Å². The van der Waals surface area contributed by atoms with Crippen molar-refractivity contribution in [2.75, 3.05) is 0 Å². The molecule has 0 saturated carbocycles. The van der Waals surface area contributed by atoms with E-state index in [4.69, 9.17) is 11.6 Å². The summed E-state index contributed by atoms with van der Waals surface area (Å²) in [7, 11) is 0. The van der Waals surface area contributed by atoms with Gasteiger partial charge < -0.3 is 5.11 Å². The van der Waals surface area contributed by atoms with Crippen LogP contribution in [0.5, 0.6) is 0 Å². The van der Waals surface area contributed by atoms with Crippen molar-refractivity contribution >= 4 is 11.6 Å². The summed E-state index contributed by atoms with van der Waals surface area (Å²) >= 11 is 5.80. The van der Waals surface area contributed by atoms with Crippen molar-refractivity contribution in [3.8, 4) is 6.07 Å². The first-order chi connectivity index (χ1) is 11.0.